The fourth-order valence-corrected chi connectivity index (χ4v) is 2.86. The van der Waals surface area contributed by atoms with E-state index in [1.165, 1.54) is 0 Å². The highest BCUT2D eigenvalue weighted by Crippen LogP contribution is 2.30. The zero-order chi connectivity index (χ0) is 18.4. The highest BCUT2D eigenvalue weighted by molar-refractivity contribution is 6.05. The lowest BCUT2D eigenvalue weighted by molar-refractivity contribution is -0.149. The average molecular weight is 343 g/mol. The smallest absolute Gasteiger partial charge is 0.338 e. The van der Waals surface area contributed by atoms with Crippen LogP contribution in [0, 0.1) is 11.8 Å². The van der Waals surface area contributed by atoms with Crippen LogP contribution in [0.2, 0.25) is 0 Å². The van der Waals surface area contributed by atoms with E-state index in [0.717, 1.165) is 20.0 Å². The molecule has 1 aliphatic carbocycles. The van der Waals surface area contributed by atoms with E-state index in [0.29, 0.717) is 0 Å². The zero-order valence-electron chi connectivity index (χ0n) is 14.1. The van der Waals surface area contributed by atoms with Gasteiger partial charge in [-0.25, -0.2) is 4.79 Å². The minimum absolute atomic E-state index is 0.103. The van der Waals surface area contributed by atoms with Crippen LogP contribution >= 0.6 is 0 Å². The highest BCUT2D eigenvalue weighted by Gasteiger charge is 2.37. The van der Waals surface area contributed by atoms with E-state index >= 15 is 0 Å². The molecule has 9 heteroatoms. The summed E-state index contributed by atoms with van der Waals surface area (Å²) in [4.78, 5) is 46.7. The number of carboxylic acid groups (broad SMARTS) is 1. The van der Waals surface area contributed by atoms with Crippen molar-refractivity contribution in [3.8, 4) is 0 Å². The van der Waals surface area contributed by atoms with Gasteiger partial charge >= 0.3 is 11.9 Å². The molecule has 0 aromatic rings. The molecule has 136 valence electrons. The van der Waals surface area contributed by atoms with Gasteiger partial charge in [-0.3, -0.25) is 14.4 Å². The first-order chi connectivity index (χ1) is 11.2. The second kappa shape index (κ2) is 8.62. The number of hydrogen-bond acceptors (Lipinski definition) is 6. The lowest BCUT2D eigenvalue weighted by atomic mass is 10.00. The van der Waals surface area contributed by atoms with Gasteiger partial charge < -0.3 is 26.2 Å². The average Bonchev–Trinajstić information content (AvgIpc) is 2.82. The number of carbonyl (C=O) groups excluding carboxylic acids is 3. The van der Waals surface area contributed by atoms with E-state index in [9.17, 15) is 19.2 Å². The number of aliphatic carboxylic acids is 1. The molecule has 2 amide bonds. The van der Waals surface area contributed by atoms with Gasteiger partial charge in [-0.1, -0.05) is 13.8 Å². The molecule has 0 spiro atoms. The van der Waals surface area contributed by atoms with Gasteiger partial charge in [0.05, 0.1) is 19.6 Å². The molecule has 9 nitrogen and oxygen atoms in total. The summed E-state index contributed by atoms with van der Waals surface area (Å²) in [5.74, 6) is -3.29. The summed E-state index contributed by atoms with van der Waals surface area (Å²) in [6, 6.07) is -3.04. The minimum Gasteiger partial charge on any atom is -0.481 e. The second-order valence-corrected chi connectivity index (χ2v) is 6.24. The summed E-state index contributed by atoms with van der Waals surface area (Å²) in [6.45, 7) is 4.01. The number of nitrogens with two attached hydrogens (primary N) is 1. The number of esters is 1. The molecule has 0 bridgehead atoms. The fourth-order valence-electron chi connectivity index (χ4n) is 2.86. The van der Waals surface area contributed by atoms with Crippen molar-refractivity contribution in [1.29, 1.82) is 0 Å². The topological polar surface area (TPSA) is 148 Å². The molecule has 0 aromatic carbocycles. The summed E-state index contributed by atoms with van der Waals surface area (Å²) in [6.07, 6.45) is 1.31. The van der Waals surface area contributed by atoms with Gasteiger partial charge in [-0.05, 0) is 24.7 Å². The van der Waals surface area contributed by atoms with Gasteiger partial charge in [0.1, 0.15) is 0 Å². The van der Waals surface area contributed by atoms with Gasteiger partial charge in [0.25, 0.3) is 5.91 Å². The Labute approximate surface area is 140 Å². The van der Waals surface area contributed by atoms with Gasteiger partial charge in [0.15, 0.2) is 0 Å². The van der Waals surface area contributed by atoms with Crippen LogP contribution < -0.4 is 16.4 Å². The maximum atomic E-state index is 12.4. The number of carbonyl (C=O) groups is 4. The number of amides is 2. The Bertz CT molecular complexity index is 499. The maximum absolute atomic E-state index is 12.4. The first kappa shape index (κ1) is 19.9. The number of carboxylic acids is 1. The summed E-state index contributed by atoms with van der Waals surface area (Å²) < 4.78 is 4.54. The van der Waals surface area contributed by atoms with Crippen molar-refractivity contribution in [3.63, 3.8) is 0 Å². The van der Waals surface area contributed by atoms with E-state index in [-0.39, 0.29) is 17.9 Å². The molecule has 4 atom stereocenters. The van der Waals surface area contributed by atoms with Crippen LogP contribution in [-0.2, 0) is 23.9 Å². The third-order valence-electron chi connectivity index (χ3n) is 4.33. The number of hydrogen-bond donors (Lipinski definition) is 4. The number of rotatable bonds is 7. The van der Waals surface area contributed by atoms with Crippen LogP contribution in [0.3, 0.4) is 0 Å². The molecule has 1 rings (SSSR count). The number of methoxy groups -OCH3 is 1. The molecule has 0 heterocycles. The van der Waals surface area contributed by atoms with E-state index < -0.39 is 42.3 Å². The predicted octanol–water partition coefficient (Wildman–Crippen LogP) is -1.00. The summed E-state index contributed by atoms with van der Waals surface area (Å²) >= 11 is 0. The molecule has 0 aromatic heterocycles. The van der Waals surface area contributed by atoms with Crippen LogP contribution in [-0.4, -0.2) is 54.1 Å². The van der Waals surface area contributed by atoms with Crippen LogP contribution in [0.25, 0.3) is 0 Å². The molecular formula is C15H25N3O6. The predicted molar refractivity (Wildman–Crippen MR) is 83.7 cm³/mol. The molecular weight excluding hydrogens is 318 g/mol. The first-order valence-electron chi connectivity index (χ1n) is 7.83. The standard InChI is InChI=1S/C15H25N3O6/c1-7-4-5-8(2)11(7)17-14(22)12(15(23)24-3)18-13(21)9(16)6-10(19)20/h7-9,11-12H,4-6,16H2,1-3H3,(H,17,22)(H,18,21)(H,19,20)/t7?,8?,9-,11?,12?/m0/s1. The molecule has 1 aliphatic rings. The largest absolute Gasteiger partial charge is 0.481 e. The lowest BCUT2D eigenvalue weighted by Gasteiger charge is -2.25. The van der Waals surface area contributed by atoms with Crippen molar-refractivity contribution in [2.24, 2.45) is 17.6 Å². The summed E-state index contributed by atoms with van der Waals surface area (Å²) in [7, 11) is 1.09. The highest BCUT2D eigenvalue weighted by atomic mass is 16.5. The number of ether oxygens (including phenoxy) is 1. The Morgan fingerprint density at radius 2 is 1.71 bits per heavy atom. The third-order valence-corrected chi connectivity index (χ3v) is 4.33. The Kier molecular flexibility index (Phi) is 7.15. The molecule has 1 fully saturated rings. The molecule has 24 heavy (non-hydrogen) atoms. The molecule has 0 radical (unpaired) electrons. The van der Waals surface area contributed by atoms with Crippen molar-refractivity contribution < 1.29 is 29.0 Å². The van der Waals surface area contributed by atoms with Gasteiger partial charge in [-0.15, -0.1) is 0 Å². The normalized spacial score (nSPS) is 25.4. The van der Waals surface area contributed by atoms with Crippen molar-refractivity contribution in [1.82, 2.24) is 10.6 Å². The van der Waals surface area contributed by atoms with Crippen LogP contribution in [0.1, 0.15) is 33.1 Å². The van der Waals surface area contributed by atoms with Gasteiger partial charge in [0.2, 0.25) is 11.9 Å². The van der Waals surface area contributed by atoms with E-state index in [2.05, 4.69) is 15.4 Å². The fraction of sp³-hybridized carbons (Fsp3) is 0.733. The van der Waals surface area contributed by atoms with Crippen LogP contribution in [0.15, 0.2) is 0 Å². The second-order valence-electron chi connectivity index (χ2n) is 6.24. The van der Waals surface area contributed by atoms with Crippen molar-refractivity contribution >= 4 is 23.8 Å². The third kappa shape index (κ3) is 5.19. The Balaban J connectivity index is 2.77. The molecule has 5 N–H and O–H groups in total. The van der Waals surface area contributed by atoms with Gasteiger partial charge in [-0.2, -0.15) is 0 Å². The molecule has 0 saturated heterocycles. The van der Waals surface area contributed by atoms with Crippen molar-refractivity contribution in [3.05, 3.63) is 0 Å². The maximum Gasteiger partial charge on any atom is 0.338 e. The summed E-state index contributed by atoms with van der Waals surface area (Å²) in [5.41, 5.74) is 5.44. The van der Waals surface area contributed by atoms with Crippen molar-refractivity contribution in [2.75, 3.05) is 7.11 Å². The SMILES string of the molecule is COC(=O)C(NC(=O)[C@@H](N)CC(=O)O)C(=O)NC1C(C)CCC1C. The lowest BCUT2D eigenvalue weighted by Crippen LogP contribution is -2.57. The van der Waals surface area contributed by atoms with E-state index in [1.54, 1.807) is 0 Å². The quantitative estimate of drug-likeness (QED) is 0.342. The number of nitrogens with one attached hydrogen (secondary N) is 2. The Morgan fingerprint density at radius 3 is 2.17 bits per heavy atom. The minimum atomic E-state index is -1.57. The van der Waals surface area contributed by atoms with E-state index in [4.69, 9.17) is 10.8 Å². The monoisotopic (exact) mass is 343 g/mol. The molecule has 1 saturated carbocycles. The molecule has 0 aliphatic heterocycles. The Morgan fingerprint density at radius 1 is 1.17 bits per heavy atom. The zero-order valence-corrected chi connectivity index (χ0v) is 14.1. The van der Waals surface area contributed by atoms with Crippen molar-refractivity contribution in [2.45, 2.75) is 51.2 Å². The van der Waals surface area contributed by atoms with E-state index in [1.807, 2.05) is 13.8 Å². The van der Waals surface area contributed by atoms with Crippen LogP contribution in [0.5, 0.6) is 0 Å². The summed E-state index contributed by atoms with van der Waals surface area (Å²) in [5, 5.41) is 13.6. The van der Waals surface area contributed by atoms with Crippen LogP contribution in [0.4, 0.5) is 0 Å². The first-order valence-corrected chi connectivity index (χ1v) is 7.83. The Hall–Kier alpha value is -2.16. The molecule has 3 unspecified atom stereocenters. The van der Waals surface area contributed by atoms with Gasteiger partial charge in [0, 0.05) is 6.04 Å².